The summed E-state index contributed by atoms with van der Waals surface area (Å²) in [5.74, 6) is 0. The molecule has 0 spiro atoms. The minimum Gasteiger partial charge on any atom is -0.395 e. The maximum Gasteiger partial charge on any atom is 0.139 e. The molecule has 0 aliphatic carbocycles. The highest BCUT2D eigenvalue weighted by atomic mass is 16.5. The summed E-state index contributed by atoms with van der Waals surface area (Å²) in [4.78, 5) is 13.3. The minimum absolute atomic E-state index is 0.00386. The van der Waals surface area contributed by atoms with Gasteiger partial charge in [0.05, 0.1) is 31.4 Å². The van der Waals surface area contributed by atoms with Crippen LogP contribution in [-0.4, -0.2) is 47.7 Å². The SMILES string of the molecule is CC1OCC(CO)N(Cc2ccccc2)C1C=O. The van der Waals surface area contributed by atoms with Crippen molar-refractivity contribution in [2.45, 2.75) is 31.7 Å². The number of aldehydes is 1. The molecule has 1 aliphatic rings. The molecular formula is C14H19NO3. The Morgan fingerprint density at radius 2 is 2.17 bits per heavy atom. The summed E-state index contributed by atoms with van der Waals surface area (Å²) in [6.07, 6.45) is 0.782. The van der Waals surface area contributed by atoms with Crippen LogP contribution in [0.25, 0.3) is 0 Å². The predicted molar refractivity (Wildman–Crippen MR) is 68.1 cm³/mol. The first-order valence-corrected chi connectivity index (χ1v) is 6.23. The molecule has 1 aliphatic heterocycles. The van der Waals surface area contributed by atoms with Crippen LogP contribution in [0.1, 0.15) is 12.5 Å². The molecule has 1 saturated heterocycles. The molecule has 0 aromatic heterocycles. The van der Waals surface area contributed by atoms with Gasteiger partial charge in [-0.15, -0.1) is 0 Å². The third-order valence-corrected chi connectivity index (χ3v) is 3.44. The highest BCUT2D eigenvalue weighted by Crippen LogP contribution is 2.20. The number of benzene rings is 1. The smallest absolute Gasteiger partial charge is 0.139 e. The summed E-state index contributed by atoms with van der Waals surface area (Å²) in [5, 5.41) is 9.40. The molecule has 0 saturated carbocycles. The third-order valence-electron chi connectivity index (χ3n) is 3.44. The fraction of sp³-hybridized carbons (Fsp3) is 0.500. The Morgan fingerprint density at radius 1 is 1.44 bits per heavy atom. The lowest BCUT2D eigenvalue weighted by Gasteiger charge is -2.42. The Hall–Kier alpha value is -1.23. The third kappa shape index (κ3) is 2.77. The van der Waals surface area contributed by atoms with E-state index in [-0.39, 0.29) is 24.8 Å². The first-order chi connectivity index (χ1) is 8.76. The summed E-state index contributed by atoms with van der Waals surface area (Å²) in [6.45, 7) is 3.02. The standard InChI is InChI=1S/C14H19NO3/c1-11-14(9-17)15(13(8-16)10-18-11)7-12-5-3-2-4-6-12/h2-6,9,11,13-14,16H,7-8,10H2,1H3. The molecule has 3 atom stereocenters. The Balaban J connectivity index is 2.16. The number of rotatable bonds is 4. The van der Waals surface area contributed by atoms with Crippen LogP contribution in [0.5, 0.6) is 0 Å². The molecule has 1 heterocycles. The van der Waals surface area contributed by atoms with Crippen molar-refractivity contribution in [3.63, 3.8) is 0 Å². The second-order valence-corrected chi connectivity index (χ2v) is 4.66. The molecule has 0 radical (unpaired) electrons. The van der Waals surface area contributed by atoms with Crippen molar-refractivity contribution in [2.24, 2.45) is 0 Å². The van der Waals surface area contributed by atoms with Crippen LogP contribution in [0, 0.1) is 0 Å². The van der Waals surface area contributed by atoms with Gasteiger partial charge in [0.15, 0.2) is 0 Å². The van der Waals surface area contributed by atoms with Gasteiger partial charge >= 0.3 is 0 Å². The van der Waals surface area contributed by atoms with Gasteiger partial charge in [-0.1, -0.05) is 30.3 Å². The molecule has 98 valence electrons. The molecule has 1 aromatic rings. The maximum atomic E-state index is 11.2. The number of carbonyl (C=O) groups excluding carboxylic acids is 1. The molecule has 1 aromatic carbocycles. The molecule has 3 unspecified atom stereocenters. The fourth-order valence-electron chi connectivity index (χ4n) is 2.35. The lowest BCUT2D eigenvalue weighted by molar-refractivity contribution is -0.137. The van der Waals surface area contributed by atoms with Crippen molar-refractivity contribution in [1.82, 2.24) is 4.90 Å². The highest BCUT2D eigenvalue weighted by Gasteiger charge is 2.35. The second-order valence-electron chi connectivity index (χ2n) is 4.66. The van der Waals surface area contributed by atoms with Crippen molar-refractivity contribution < 1.29 is 14.6 Å². The number of hydrogen-bond acceptors (Lipinski definition) is 4. The van der Waals surface area contributed by atoms with Gasteiger partial charge < -0.3 is 14.6 Å². The van der Waals surface area contributed by atoms with Crippen LogP contribution in [0.2, 0.25) is 0 Å². The largest absolute Gasteiger partial charge is 0.395 e. The number of aliphatic hydroxyl groups excluding tert-OH is 1. The molecule has 0 bridgehead atoms. The summed E-state index contributed by atoms with van der Waals surface area (Å²) < 4.78 is 5.52. The molecule has 0 amide bonds. The van der Waals surface area contributed by atoms with Gasteiger partial charge in [-0.05, 0) is 12.5 Å². The van der Waals surface area contributed by atoms with E-state index in [1.54, 1.807) is 0 Å². The number of carbonyl (C=O) groups is 1. The van der Waals surface area contributed by atoms with Gasteiger partial charge in [-0.25, -0.2) is 0 Å². The van der Waals surface area contributed by atoms with E-state index in [4.69, 9.17) is 4.74 Å². The normalized spacial score (nSPS) is 29.1. The molecule has 4 heteroatoms. The van der Waals surface area contributed by atoms with Crippen LogP contribution in [0.4, 0.5) is 0 Å². The number of aliphatic hydroxyl groups is 1. The Morgan fingerprint density at radius 3 is 2.78 bits per heavy atom. The van der Waals surface area contributed by atoms with Crippen molar-refractivity contribution in [1.29, 1.82) is 0 Å². The van der Waals surface area contributed by atoms with Gasteiger partial charge in [0.25, 0.3) is 0 Å². The molecule has 18 heavy (non-hydrogen) atoms. The minimum atomic E-state index is -0.295. The van der Waals surface area contributed by atoms with E-state index in [2.05, 4.69) is 0 Å². The second kappa shape index (κ2) is 6.09. The zero-order valence-electron chi connectivity index (χ0n) is 10.5. The molecular weight excluding hydrogens is 230 g/mol. The van der Waals surface area contributed by atoms with E-state index in [1.165, 1.54) is 0 Å². The number of hydrogen-bond donors (Lipinski definition) is 1. The Kier molecular flexibility index (Phi) is 4.47. The van der Waals surface area contributed by atoms with Crippen molar-refractivity contribution in [3.05, 3.63) is 35.9 Å². The molecule has 1 fully saturated rings. The van der Waals surface area contributed by atoms with Crippen LogP contribution < -0.4 is 0 Å². The number of nitrogens with zero attached hydrogens (tertiary/aromatic N) is 1. The van der Waals surface area contributed by atoms with Gasteiger partial charge in [0.2, 0.25) is 0 Å². The van der Waals surface area contributed by atoms with Crippen molar-refractivity contribution in [3.8, 4) is 0 Å². The van der Waals surface area contributed by atoms with Crippen molar-refractivity contribution >= 4 is 6.29 Å². The average molecular weight is 249 g/mol. The quantitative estimate of drug-likeness (QED) is 0.803. The average Bonchev–Trinajstić information content (AvgIpc) is 2.40. The van der Waals surface area contributed by atoms with Crippen LogP contribution in [-0.2, 0) is 16.1 Å². The van der Waals surface area contributed by atoms with Gasteiger partial charge in [-0.3, -0.25) is 4.90 Å². The zero-order valence-corrected chi connectivity index (χ0v) is 10.5. The van der Waals surface area contributed by atoms with E-state index in [1.807, 2.05) is 42.2 Å². The van der Waals surface area contributed by atoms with E-state index >= 15 is 0 Å². The van der Waals surface area contributed by atoms with Crippen LogP contribution >= 0.6 is 0 Å². The van der Waals surface area contributed by atoms with Gasteiger partial charge in [-0.2, -0.15) is 0 Å². The topological polar surface area (TPSA) is 49.8 Å². The van der Waals surface area contributed by atoms with E-state index in [0.29, 0.717) is 13.2 Å². The van der Waals surface area contributed by atoms with Crippen LogP contribution in [0.15, 0.2) is 30.3 Å². The maximum absolute atomic E-state index is 11.2. The summed E-state index contributed by atoms with van der Waals surface area (Å²) in [7, 11) is 0. The first kappa shape index (κ1) is 13.2. The first-order valence-electron chi connectivity index (χ1n) is 6.23. The zero-order chi connectivity index (χ0) is 13.0. The number of morpholine rings is 1. The highest BCUT2D eigenvalue weighted by molar-refractivity contribution is 5.59. The van der Waals surface area contributed by atoms with Crippen molar-refractivity contribution in [2.75, 3.05) is 13.2 Å². The summed E-state index contributed by atoms with van der Waals surface area (Å²) in [5.41, 5.74) is 1.14. The Labute approximate surface area is 107 Å². The predicted octanol–water partition coefficient (Wildman–Crippen LogP) is 0.836. The molecule has 2 rings (SSSR count). The van der Waals surface area contributed by atoms with Gasteiger partial charge in [0, 0.05) is 6.54 Å². The van der Waals surface area contributed by atoms with E-state index < -0.39 is 0 Å². The Bertz CT molecular complexity index is 382. The summed E-state index contributed by atoms with van der Waals surface area (Å²) in [6, 6.07) is 9.55. The fourth-order valence-corrected chi connectivity index (χ4v) is 2.35. The van der Waals surface area contributed by atoms with Gasteiger partial charge in [0.1, 0.15) is 6.29 Å². The van der Waals surface area contributed by atoms with E-state index in [9.17, 15) is 9.90 Å². The molecule has 4 nitrogen and oxygen atoms in total. The molecule has 1 N–H and O–H groups in total. The van der Waals surface area contributed by atoms with Crippen LogP contribution in [0.3, 0.4) is 0 Å². The van der Waals surface area contributed by atoms with E-state index in [0.717, 1.165) is 11.8 Å². The number of ether oxygens (including phenoxy) is 1. The lowest BCUT2D eigenvalue weighted by Crippen LogP contribution is -2.57. The summed E-state index contributed by atoms with van der Waals surface area (Å²) >= 11 is 0. The monoisotopic (exact) mass is 249 g/mol. The lowest BCUT2D eigenvalue weighted by atomic mass is 10.0.